The first-order valence-corrected chi connectivity index (χ1v) is 26.2. The zero-order chi connectivity index (χ0) is 54.8. The number of ketones is 1. The first-order chi connectivity index (χ1) is 35.3. The van der Waals surface area contributed by atoms with Crippen molar-refractivity contribution in [2.24, 2.45) is 17.8 Å². The number of nitrogens with one attached hydrogen (secondary N) is 4. The van der Waals surface area contributed by atoms with Gasteiger partial charge in [-0.25, -0.2) is 0 Å². The van der Waals surface area contributed by atoms with Gasteiger partial charge >= 0.3 is 0 Å². The molecular weight excluding hydrogens is 981 g/mol. The van der Waals surface area contributed by atoms with E-state index in [1.54, 1.807) is 27.9 Å². The fourth-order valence-electron chi connectivity index (χ4n) is 8.94. The second-order valence-electron chi connectivity index (χ2n) is 19.8. The summed E-state index contributed by atoms with van der Waals surface area (Å²) in [6, 6.07) is 0. The molecule has 4 amide bonds. The summed E-state index contributed by atoms with van der Waals surface area (Å²) in [5.74, 6) is -3.71. The highest BCUT2D eigenvalue weighted by Gasteiger charge is 2.45. The number of hydrogen-bond acceptors (Lipinski definition) is 21. The molecule has 13 N–H and O–H groups in total. The molecule has 430 valence electrons. The van der Waals surface area contributed by atoms with Crippen molar-refractivity contribution in [2.75, 3.05) is 73.0 Å². The van der Waals surface area contributed by atoms with E-state index >= 15 is 0 Å². The van der Waals surface area contributed by atoms with Crippen molar-refractivity contribution < 1.29 is 103 Å². The van der Waals surface area contributed by atoms with Crippen molar-refractivity contribution in [1.82, 2.24) is 21.3 Å². The predicted octanol–water partition coefficient (Wildman–Crippen LogP) is -2.86. The van der Waals surface area contributed by atoms with E-state index in [1.165, 1.54) is 0 Å². The average molecular weight is 1070 g/mol. The Balaban J connectivity index is 1.69. The standard InChI is InChI=1S/C49H88N4O21/c1-29-40(62)43(65)33(26-54)72-46(29)69-22-6-5-11-32(57)14-16-49(53-38(60)13-7-12-36(58)50-18-8-21-68-4,25-39(61)52-20-10-24-71-48-31(3)42(64)45(67)35(28-56)74-48)17-15-37(59)51-19-9-23-70-47-30(2)41(63)44(66)34(27-55)73-47/h29-31,33-35,40-48,54-56,62-67H,5-28H2,1-4H3,(H,50,58)(H,51,59)(H,52,61)(H,53,60)/t29?,30?,31?,33?,34?,35?,40-,41-,42-,43?,44?,45?,46-,47-,48-,49?/m1/s1. The third kappa shape index (κ3) is 21.7. The highest BCUT2D eigenvalue weighted by Crippen LogP contribution is 2.30. The molecule has 25 nitrogen and oxygen atoms in total. The van der Waals surface area contributed by atoms with Crippen LogP contribution >= 0.6 is 0 Å². The summed E-state index contributed by atoms with van der Waals surface area (Å²) < 4.78 is 39.2. The summed E-state index contributed by atoms with van der Waals surface area (Å²) in [4.78, 5) is 66.9. The normalized spacial score (nSPS) is 31.0. The molecule has 3 fully saturated rings. The number of amides is 4. The van der Waals surface area contributed by atoms with Crippen LogP contribution in [0.25, 0.3) is 0 Å². The molecule has 3 saturated heterocycles. The van der Waals surface area contributed by atoms with Gasteiger partial charge in [0, 0.05) is 102 Å². The number of rotatable bonds is 36. The van der Waals surface area contributed by atoms with Crippen LogP contribution < -0.4 is 21.3 Å². The molecule has 3 heterocycles. The first-order valence-electron chi connectivity index (χ1n) is 26.2. The molecule has 74 heavy (non-hydrogen) atoms. The van der Waals surface area contributed by atoms with Crippen LogP contribution in [0.2, 0.25) is 0 Å². The van der Waals surface area contributed by atoms with E-state index in [-0.39, 0.29) is 109 Å². The van der Waals surface area contributed by atoms with E-state index in [0.717, 1.165) is 0 Å². The SMILES string of the molecule is COCCCNC(=O)CCCC(=O)NC(CCC(=O)CCCCO[C@@H]1OC(CO)C(O)[C@H](O)C1C)(CCC(=O)NCCCO[C@@H]1OC(CO)C(O)[C@H](O)C1C)CC(=O)NCCCO[C@@H]1OC(CO)C(O)[C@H](O)C1C. The van der Waals surface area contributed by atoms with Gasteiger partial charge in [-0.05, 0) is 51.4 Å². The number of Topliss-reactive ketones (excluding diaryl/α,β-unsaturated/α-hetero) is 1. The Kier molecular flexibility index (Phi) is 30.5. The minimum atomic E-state index is -1.42. The Hall–Kier alpha value is -3.09. The number of aliphatic hydroxyl groups is 9. The summed E-state index contributed by atoms with van der Waals surface area (Å²) in [6.45, 7) is 4.72. The Morgan fingerprint density at radius 2 is 0.851 bits per heavy atom. The van der Waals surface area contributed by atoms with Gasteiger partial charge in [0.15, 0.2) is 18.9 Å². The van der Waals surface area contributed by atoms with Crippen molar-refractivity contribution in [3.63, 3.8) is 0 Å². The lowest BCUT2D eigenvalue weighted by molar-refractivity contribution is -0.282. The lowest BCUT2D eigenvalue weighted by Gasteiger charge is -2.40. The monoisotopic (exact) mass is 1070 g/mol. The van der Waals surface area contributed by atoms with Crippen LogP contribution in [0.5, 0.6) is 0 Å². The largest absolute Gasteiger partial charge is 0.394 e. The van der Waals surface area contributed by atoms with E-state index in [0.29, 0.717) is 38.8 Å². The molecule has 3 rings (SSSR count). The van der Waals surface area contributed by atoms with Crippen molar-refractivity contribution in [3.05, 3.63) is 0 Å². The number of hydrogen-bond donors (Lipinski definition) is 13. The van der Waals surface area contributed by atoms with Crippen molar-refractivity contribution in [3.8, 4) is 0 Å². The number of methoxy groups -OCH3 is 1. The maximum Gasteiger partial charge on any atom is 0.222 e. The number of unbranched alkanes of at least 4 members (excludes halogenated alkanes) is 1. The molecule has 0 aromatic heterocycles. The first kappa shape index (κ1) is 65.2. The zero-order valence-corrected chi connectivity index (χ0v) is 43.6. The van der Waals surface area contributed by atoms with E-state index in [9.17, 15) is 69.9 Å². The Morgan fingerprint density at radius 1 is 0.459 bits per heavy atom. The topological polar surface area (TPSA) is 380 Å². The van der Waals surface area contributed by atoms with Crippen LogP contribution in [-0.2, 0) is 57.1 Å². The summed E-state index contributed by atoms with van der Waals surface area (Å²) in [7, 11) is 1.55. The second kappa shape index (κ2) is 34.6. The molecule has 3 aliphatic rings. The third-order valence-electron chi connectivity index (χ3n) is 13.8. The second-order valence-corrected chi connectivity index (χ2v) is 19.8. The smallest absolute Gasteiger partial charge is 0.222 e. The van der Waals surface area contributed by atoms with Gasteiger partial charge in [-0.15, -0.1) is 0 Å². The van der Waals surface area contributed by atoms with Gasteiger partial charge < -0.3 is 100 Å². The van der Waals surface area contributed by atoms with Crippen LogP contribution in [0.15, 0.2) is 0 Å². The molecule has 10 unspecified atom stereocenters. The number of carbonyl (C=O) groups excluding carboxylic acids is 5. The number of aliphatic hydroxyl groups excluding tert-OH is 9. The highest BCUT2D eigenvalue weighted by molar-refractivity contribution is 5.83. The molecule has 0 saturated carbocycles. The molecule has 0 radical (unpaired) electrons. The van der Waals surface area contributed by atoms with Crippen molar-refractivity contribution in [1.29, 1.82) is 0 Å². The van der Waals surface area contributed by atoms with Crippen LogP contribution in [0.4, 0.5) is 0 Å². The van der Waals surface area contributed by atoms with Gasteiger partial charge in [0.25, 0.3) is 0 Å². The summed E-state index contributed by atoms with van der Waals surface area (Å²) >= 11 is 0. The summed E-state index contributed by atoms with van der Waals surface area (Å²) in [6.07, 6.45) is -11.8. The van der Waals surface area contributed by atoms with Crippen LogP contribution in [-0.4, -0.2) is 228 Å². The van der Waals surface area contributed by atoms with Crippen LogP contribution in [0, 0.1) is 17.8 Å². The maximum absolute atomic E-state index is 13.8. The summed E-state index contributed by atoms with van der Waals surface area (Å²) in [5.41, 5.74) is -1.42. The Bertz CT molecular complexity index is 1590. The average Bonchev–Trinajstić information content (AvgIpc) is 3.38. The van der Waals surface area contributed by atoms with E-state index in [4.69, 9.17) is 33.2 Å². The fraction of sp³-hybridized carbons (Fsp3) is 0.898. The van der Waals surface area contributed by atoms with Crippen LogP contribution in [0.1, 0.15) is 111 Å². The zero-order valence-electron chi connectivity index (χ0n) is 43.6. The van der Waals surface area contributed by atoms with Crippen molar-refractivity contribution >= 4 is 29.4 Å². The minimum absolute atomic E-state index is 0.0338. The quantitative estimate of drug-likeness (QED) is 0.0281. The molecular formula is C49H88N4O21. The molecule has 25 heteroatoms. The van der Waals surface area contributed by atoms with Gasteiger partial charge in [0.1, 0.15) is 42.4 Å². The fourth-order valence-corrected chi connectivity index (χ4v) is 8.94. The minimum Gasteiger partial charge on any atom is -0.394 e. The van der Waals surface area contributed by atoms with Gasteiger partial charge in [0.2, 0.25) is 23.6 Å². The predicted molar refractivity (Wildman–Crippen MR) is 260 cm³/mol. The van der Waals surface area contributed by atoms with E-state index < -0.39 is 135 Å². The Labute approximate surface area is 433 Å². The van der Waals surface area contributed by atoms with Gasteiger partial charge in [-0.3, -0.25) is 24.0 Å². The lowest BCUT2D eigenvalue weighted by Crippen LogP contribution is -2.55. The molecule has 0 spiro atoms. The molecule has 0 aliphatic carbocycles. The van der Waals surface area contributed by atoms with Gasteiger partial charge in [0.05, 0.1) is 51.3 Å². The van der Waals surface area contributed by atoms with Gasteiger partial charge in [-0.2, -0.15) is 0 Å². The third-order valence-corrected chi connectivity index (χ3v) is 13.8. The number of ether oxygens (including phenoxy) is 7. The summed E-state index contributed by atoms with van der Waals surface area (Å²) in [5, 5.41) is 102. The molecule has 0 aromatic rings. The molecule has 16 atom stereocenters. The van der Waals surface area contributed by atoms with Crippen LogP contribution in [0.3, 0.4) is 0 Å². The van der Waals surface area contributed by atoms with E-state index in [1.807, 2.05) is 0 Å². The lowest BCUT2D eigenvalue weighted by atomic mass is 9.83. The molecule has 3 aliphatic heterocycles. The molecule has 0 aromatic carbocycles. The van der Waals surface area contributed by atoms with Crippen molar-refractivity contribution in [2.45, 2.75) is 190 Å². The maximum atomic E-state index is 13.8. The number of carbonyl (C=O) groups is 5. The van der Waals surface area contributed by atoms with Gasteiger partial charge in [-0.1, -0.05) is 20.8 Å². The molecule has 0 bridgehead atoms. The Morgan fingerprint density at radius 3 is 1.30 bits per heavy atom. The van der Waals surface area contributed by atoms with E-state index in [2.05, 4.69) is 21.3 Å². The highest BCUT2D eigenvalue weighted by atomic mass is 16.7.